The van der Waals surface area contributed by atoms with E-state index in [0.29, 0.717) is 5.56 Å². The van der Waals surface area contributed by atoms with E-state index in [1.807, 2.05) is 0 Å². The molecule has 37 heavy (non-hydrogen) atoms. The van der Waals surface area contributed by atoms with E-state index in [9.17, 15) is 38.7 Å². The number of phenols is 2. The molecule has 3 aromatic rings. The fourth-order valence-corrected chi connectivity index (χ4v) is 4.30. The number of phenolic OH excluding ortho intramolecular Hbond substituents is 2. The van der Waals surface area contributed by atoms with Crippen molar-refractivity contribution in [3.8, 4) is 34.3 Å². The van der Waals surface area contributed by atoms with Gasteiger partial charge in [0.15, 0.2) is 23.0 Å². The van der Waals surface area contributed by atoms with Crippen LogP contribution in [-0.2, 0) is 19.3 Å². The Morgan fingerprint density at radius 3 is 2.41 bits per heavy atom. The molecule has 6 N–H and O–H groups in total. The molecule has 0 bridgehead atoms. The van der Waals surface area contributed by atoms with Crippen LogP contribution in [0.15, 0.2) is 45.6 Å². The topological polar surface area (TPSA) is 223 Å². The standard InChI is InChI=1S/C22H22O14S/c1-32-15-4-9(2-3-11(15)24)14-7-13(26)18-12(25)5-10(6-16(18)34-14)33-22-21(36-37(29,30)31)20(28)19(27)17(8-23)35-22/h2-7,17,19-25,27-28H,8H2,1H3,(H,29,30,31)/t17-,19-,20+,21-,22-/m1/s1. The SMILES string of the molecule is COc1cc(-c2cc(=O)c3c(O)cc(O[C@@H]4O[C@H](CO)[C@@H](O)[C@H](O)[C@H]4OS(=O)(=O)O)cc3o2)ccc1O. The molecule has 0 radical (unpaired) electrons. The van der Waals surface area contributed by atoms with E-state index >= 15 is 0 Å². The molecule has 2 heterocycles. The molecular weight excluding hydrogens is 520 g/mol. The third-order valence-corrected chi connectivity index (χ3v) is 6.02. The quantitative estimate of drug-likeness (QED) is 0.214. The number of fused-ring (bicyclic) bond motifs is 1. The molecule has 1 aromatic heterocycles. The lowest BCUT2D eigenvalue weighted by Crippen LogP contribution is -2.61. The smallest absolute Gasteiger partial charge is 0.397 e. The summed E-state index contributed by atoms with van der Waals surface area (Å²) in [5, 5.41) is 49.8. The Morgan fingerprint density at radius 2 is 1.76 bits per heavy atom. The Bertz CT molecular complexity index is 1470. The number of aliphatic hydroxyl groups excluding tert-OH is 3. The molecule has 0 amide bonds. The third-order valence-electron chi connectivity index (χ3n) is 5.56. The van der Waals surface area contributed by atoms with E-state index < -0.39 is 58.9 Å². The second-order valence-corrected chi connectivity index (χ2v) is 9.04. The first kappa shape index (κ1) is 26.6. The molecule has 5 atom stereocenters. The van der Waals surface area contributed by atoms with Crippen molar-refractivity contribution in [1.29, 1.82) is 0 Å². The minimum atomic E-state index is -5.15. The highest BCUT2D eigenvalue weighted by atomic mass is 32.3. The van der Waals surface area contributed by atoms with Crippen molar-refractivity contribution in [2.45, 2.75) is 30.7 Å². The summed E-state index contributed by atoms with van der Waals surface area (Å²) in [7, 11) is -3.82. The molecule has 0 saturated carbocycles. The summed E-state index contributed by atoms with van der Waals surface area (Å²) < 4.78 is 57.6. The van der Waals surface area contributed by atoms with Crippen LogP contribution in [0.5, 0.6) is 23.0 Å². The van der Waals surface area contributed by atoms with Crippen molar-refractivity contribution in [2.24, 2.45) is 0 Å². The first-order chi connectivity index (χ1) is 17.4. The highest BCUT2D eigenvalue weighted by Crippen LogP contribution is 2.35. The van der Waals surface area contributed by atoms with E-state index in [1.165, 1.54) is 25.3 Å². The fourth-order valence-electron chi connectivity index (χ4n) is 3.81. The second kappa shape index (κ2) is 10.1. The van der Waals surface area contributed by atoms with Crippen molar-refractivity contribution in [3.05, 3.63) is 46.6 Å². The van der Waals surface area contributed by atoms with Crippen LogP contribution in [0.3, 0.4) is 0 Å². The zero-order valence-corrected chi connectivity index (χ0v) is 19.7. The number of methoxy groups -OCH3 is 1. The van der Waals surface area contributed by atoms with Crippen LogP contribution in [0.1, 0.15) is 0 Å². The molecule has 2 aromatic carbocycles. The number of aromatic hydroxyl groups is 2. The number of benzene rings is 2. The highest BCUT2D eigenvalue weighted by Gasteiger charge is 2.48. The Kier molecular flexibility index (Phi) is 7.29. The van der Waals surface area contributed by atoms with Crippen LogP contribution in [0.4, 0.5) is 0 Å². The Balaban J connectivity index is 1.75. The fraction of sp³-hybridized carbons (Fsp3) is 0.318. The predicted octanol–water partition coefficient (Wildman–Crippen LogP) is -0.114. The first-order valence-corrected chi connectivity index (χ1v) is 11.9. The number of ether oxygens (including phenoxy) is 3. The van der Waals surface area contributed by atoms with Gasteiger partial charge < -0.3 is 44.2 Å². The molecular formula is C22H22O14S. The molecule has 4 rings (SSSR count). The van der Waals surface area contributed by atoms with Crippen molar-refractivity contribution in [1.82, 2.24) is 0 Å². The van der Waals surface area contributed by atoms with Crippen LogP contribution in [0.2, 0.25) is 0 Å². The summed E-state index contributed by atoms with van der Waals surface area (Å²) in [6, 6.07) is 7.42. The molecule has 0 unspecified atom stereocenters. The van der Waals surface area contributed by atoms with Crippen molar-refractivity contribution in [3.63, 3.8) is 0 Å². The highest BCUT2D eigenvalue weighted by molar-refractivity contribution is 7.80. The molecule has 14 nitrogen and oxygen atoms in total. The van der Waals surface area contributed by atoms with Crippen molar-refractivity contribution < 1.29 is 61.3 Å². The van der Waals surface area contributed by atoms with Gasteiger partial charge in [0, 0.05) is 23.8 Å². The van der Waals surface area contributed by atoms with Gasteiger partial charge >= 0.3 is 10.4 Å². The van der Waals surface area contributed by atoms with E-state index in [4.69, 9.17) is 23.2 Å². The lowest BCUT2D eigenvalue weighted by atomic mass is 9.99. The zero-order chi connectivity index (χ0) is 27.1. The number of aliphatic hydroxyl groups is 3. The van der Waals surface area contributed by atoms with Gasteiger partial charge in [0.2, 0.25) is 6.29 Å². The van der Waals surface area contributed by atoms with Crippen LogP contribution in [-0.4, -0.2) is 82.9 Å². The van der Waals surface area contributed by atoms with E-state index in [2.05, 4.69) is 4.18 Å². The Hall–Kier alpha value is -3.44. The van der Waals surface area contributed by atoms with E-state index in [0.717, 1.165) is 18.2 Å². The maximum atomic E-state index is 12.7. The average molecular weight is 542 g/mol. The van der Waals surface area contributed by atoms with Gasteiger partial charge in [0.1, 0.15) is 46.5 Å². The summed E-state index contributed by atoms with van der Waals surface area (Å²) in [5.41, 5.74) is -0.459. The monoisotopic (exact) mass is 542 g/mol. The maximum Gasteiger partial charge on any atom is 0.397 e. The van der Waals surface area contributed by atoms with E-state index in [1.54, 1.807) is 0 Å². The third kappa shape index (κ3) is 5.47. The Labute approximate surface area is 208 Å². The minimum Gasteiger partial charge on any atom is -0.507 e. The van der Waals surface area contributed by atoms with Gasteiger partial charge in [-0.15, -0.1) is 0 Å². The number of hydrogen-bond acceptors (Lipinski definition) is 13. The zero-order valence-electron chi connectivity index (χ0n) is 18.9. The van der Waals surface area contributed by atoms with Gasteiger partial charge in [0.25, 0.3) is 0 Å². The van der Waals surface area contributed by atoms with Crippen LogP contribution >= 0.6 is 0 Å². The van der Waals surface area contributed by atoms with Gasteiger partial charge in [-0.2, -0.15) is 8.42 Å². The minimum absolute atomic E-state index is 0.0349. The molecule has 200 valence electrons. The lowest BCUT2D eigenvalue weighted by molar-refractivity contribution is -0.271. The first-order valence-electron chi connectivity index (χ1n) is 10.5. The normalized spacial score (nSPS) is 24.2. The van der Waals surface area contributed by atoms with Crippen molar-refractivity contribution >= 4 is 21.4 Å². The summed E-state index contributed by atoms with van der Waals surface area (Å²) in [6.07, 6.45) is -9.03. The lowest BCUT2D eigenvalue weighted by Gasteiger charge is -2.40. The molecule has 1 aliphatic heterocycles. The summed E-state index contributed by atoms with van der Waals surface area (Å²) in [6.45, 7) is -0.798. The molecule has 1 saturated heterocycles. The number of hydrogen-bond donors (Lipinski definition) is 6. The second-order valence-electron chi connectivity index (χ2n) is 7.99. The van der Waals surface area contributed by atoms with Gasteiger partial charge in [-0.1, -0.05) is 0 Å². The van der Waals surface area contributed by atoms with Gasteiger partial charge in [0.05, 0.1) is 13.7 Å². The van der Waals surface area contributed by atoms with Gasteiger partial charge in [-0.25, -0.2) is 4.18 Å². The van der Waals surface area contributed by atoms with E-state index in [-0.39, 0.29) is 34.0 Å². The predicted molar refractivity (Wildman–Crippen MR) is 123 cm³/mol. The molecule has 15 heteroatoms. The maximum absolute atomic E-state index is 12.7. The molecule has 1 aliphatic rings. The summed E-state index contributed by atoms with van der Waals surface area (Å²) >= 11 is 0. The molecule has 0 aliphatic carbocycles. The van der Waals surface area contributed by atoms with Crippen LogP contribution in [0, 0.1) is 0 Å². The van der Waals surface area contributed by atoms with Crippen LogP contribution in [0.25, 0.3) is 22.3 Å². The molecule has 1 fully saturated rings. The average Bonchev–Trinajstić information content (AvgIpc) is 2.82. The largest absolute Gasteiger partial charge is 0.507 e. The van der Waals surface area contributed by atoms with Crippen molar-refractivity contribution in [2.75, 3.05) is 13.7 Å². The Morgan fingerprint density at radius 1 is 1.03 bits per heavy atom. The van der Waals surface area contributed by atoms with Gasteiger partial charge in [-0.3, -0.25) is 9.35 Å². The summed E-state index contributed by atoms with van der Waals surface area (Å²) in [5.74, 6) is -0.849. The van der Waals surface area contributed by atoms with Gasteiger partial charge in [-0.05, 0) is 18.2 Å². The summed E-state index contributed by atoms with van der Waals surface area (Å²) in [4.78, 5) is 12.7. The molecule has 0 spiro atoms. The van der Waals surface area contributed by atoms with Crippen LogP contribution < -0.4 is 14.9 Å². The number of rotatable bonds is 7.